The molecule has 4 nitrogen and oxygen atoms in total. The van der Waals surface area contributed by atoms with E-state index >= 15 is 0 Å². The minimum absolute atomic E-state index is 0. The molecule has 0 radical (unpaired) electrons. The molecular formula is C17H30IN3O. The normalized spacial score (nSPS) is 11.0. The van der Waals surface area contributed by atoms with Crippen LogP contribution in [0, 0.1) is 5.92 Å². The Hall–Kier alpha value is -0.980. The summed E-state index contributed by atoms with van der Waals surface area (Å²) in [4.78, 5) is 4.25. The molecule has 0 unspecified atom stereocenters. The topological polar surface area (TPSA) is 45.6 Å². The zero-order valence-electron chi connectivity index (χ0n) is 14.2. The summed E-state index contributed by atoms with van der Waals surface area (Å²) in [5.41, 5.74) is 1.14. The maximum Gasteiger partial charge on any atom is 0.191 e. The number of hydrogen-bond acceptors (Lipinski definition) is 2. The highest BCUT2D eigenvalue weighted by atomic mass is 127. The van der Waals surface area contributed by atoms with Crippen LogP contribution < -0.4 is 15.4 Å². The van der Waals surface area contributed by atoms with Crippen LogP contribution >= 0.6 is 24.0 Å². The molecule has 1 aromatic carbocycles. The van der Waals surface area contributed by atoms with Gasteiger partial charge in [-0.1, -0.05) is 32.0 Å². The molecule has 0 aliphatic rings. The van der Waals surface area contributed by atoms with Gasteiger partial charge in [0.25, 0.3) is 0 Å². The molecule has 0 fully saturated rings. The monoisotopic (exact) mass is 419 g/mol. The van der Waals surface area contributed by atoms with Crippen molar-refractivity contribution in [2.24, 2.45) is 10.9 Å². The Morgan fingerprint density at radius 3 is 2.59 bits per heavy atom. The first-order valence-corrected chi connectivity index (χ1v) is 7.82. The van der Waals surface area contributed by atoms with E-state index in [1.54, 1.807) is 7.05 Å². The minimum atomic E-state index is 0. The molecule has 2 N–H and O–H groups in total. The highest BCUT2D eigenvalue weighted by Gasteiger charge is 2.04. The number of nitrogens with zero attached hydrogens (tertiary/aromatic N) is 1. The largest absolute Gasteiger partial charge is 0.494 e. The van der Waals surface area contributed by atoms with Crippen LogP contribution in [0.3, 0.4) is 0 Å². The molecule has 1 rings (SSSR count). The zero-order chi connectivity index (χ0) is 15.5. The number of nitrogens with one attached hydrogen (secondary N) is 2. The Balaban J connectivity index is 0.00000441. The molecule has 1 aromatic rings. The summed E-state index contributed by atoms with van der Waals surface area (Å²) in [5, 5.41) is 6.68. The van der Waals surface area contributed by atoms with Crippen molar-refractivity contribution in [2.75, 3.05) is 20.2 Å². The summed E-state index contributed by atoms with van der Waals surface area (Å²) in [5.74, 6) is 2.52. The van der Waals surface area contributed by atoms with E-state index in [1.165, 1.54) is 6.42 Å². The molecule has 22 heavy (non-hydrogen) atoms. The van der Waals surface area contributed by atoms with Crippen molar-refractivity contribution >= 4 is 29.9 Å². The van der Waals surface area contributed by atoms with Gasteiger partial charge in [0.2, 0.25) is 0 Å². The standard InChI is InChI=1S/C17H29N3O.HI/c1-5-21-16-11-7-6-10-15(16)13-20-17(18-4)19-12-8-9-14(2)3;/h6-7,10-11,14H,5,8-9,12-13H2,1-4H3,(H2,18,19,20);1H. The van der Waals surface area contributed by atoms with E-state index in [2.05, 4.69) is 35.5 Å². The first-order chi connectivity index (χ1) is 10.2. The maximum atomic E-state index is 5.63. The number of hydrogen-bond donors (Lipinski definition) is 2. The van der Waals surface area contributed by atoms with Gasteiger partial charge in [-0.3, -0.25) is 4.99 Å². The van der Waals surface area contributed by atoms with Gasteiger partial charge in [0.05, 0.1) is 6.61 Å². The molecule has 0 aromatic heterocycles. The number of para-hydroxylation sites is 1. The first kappa shape index (κ1) is 21.0. The number of guanidine groups is 1. The molecule has 0 aliphatic carbocycles. The smallest absolute Gasteiger partial charge is 0.191 e. The van der Waals surface area contributed by atoms with E-state index < -0.39 is 0 Å². The highest BCUT2D eigenvalue weighted by molar-refractivity contribution is 14.0. The molecule has 0 saturated heterocycles. The van der Waals surface area contributed by atoms with Crippen molar-refractivity contribution in [2.45, 2.75) is 40.2 Å². The SMILES string of the molecule is CCOc1ccccc1CNC(=NC)NCCCC(C)C.I. The van der Waals surface area contributed by atoms with Crippen LogP contribution in [0.1, 0.15) is 39.2 Å². The summed E-state index contributed by atoms with van der Waals surface area (Å²) in [7, 11) is 1.80. The molecule has 5 heteroatoms. The van der Waals surface area contributed by atoms with Gasteiger partial charge in [-0.2, -0.15) is 0 Å². The van der Waals surface area contributed by atoms with Crippen molar-refractivity contribution in [1.29, 1.82) is 0 Å². The second-order valence-corrected chi connectivity index (χ2v) is 5.43. The quantitative estimate of drug-likeness (QED) is 0.292. The predicted octanol–water partition coefficient (Wildman–Crippen LogP) is 3.80. The zero-order valence-corrected chi connectivity index (χ0v) is 16.5. The number of rotatable bonds is 8. The first-order valence-electron chi connectivity index (χ1n) is 7.82. The van der Waals surface area contributed by atoms with Crippen molar-refractivity contribution in [3.63, 3.8) is 0 Å². The van der Waals surface area contributed by atoms with Gasteiger partial charge in [0, 0.05) is 25.7 Å². The third-order valence-corrected chi connectivity index (χ3v) is 3.19. The Kier molecular flexibility index (Phi) is 12.0. The van der Waals surface area contributed by atoms with Crippen LogP contribution in [0.25, 0.3) is 0 Å². The van der Waals surface area contributed by atoms with E-state index in [-0.39, 0.29) is 24.0 Å². The molecule has 0 amide bonds. The van der Waals surface area contributed by atoms with Crippen LogP contribution in [0.15, 0.2) is 29.3 Å². The second kappa shape index (κ2) is 12.6. The van der Waals surface area contributed by atoms with E-state index in [4.69, 9.17) is 4.74 Å². The average molecular weight is 419 g/mol. The van der Waals surface area contributed by atoms with Crippen molar-refractivity contribution in [1.82, 2.24) is 10.6 Å². The van der Waals surface area contributed by atoms with Gasteiger partial charge in [0.15, 0.2) is 5.96 Å². The lowest BCUT2D eigenvalue weighted by Crippen LogP contribution is -2.37. The summed E-state index contributed by atoms with van der Waals surface area (Å²) >= 11 is 0. The van der Waals surface area contributed by atoms with Crippen LogP contribution in [-0.2, 0) is 6.54 Å². The van der Waals surface area contributed by atoms with Crippen LogP contribution in [-0.4, -0.2) is 26.2 Å². The Morgan fingerprint density at radius 2 is 1.95 bits per heavy atom. The summed E-state index contributed by atoms with van der Waals surface area (Å²) in [6.45, 7) is 8.83. The van der Waals surface area contributed by atoms with Crippen LogP contribution in [0.2, 0.25) is 0 Å². The maximum absolute atomic E-state index is 5.63. The molecule has 0 saturated carbocycles. The summed E-state index contributed by atoms with van der Waals surface area (Å²) in [6, 6.07) is 8.09. The highest BCUT2D eigenvalue weighted by Crippen LogP contribution is 2.17. The molecule has 0 bridgehead atoms. The average Bonchev–Trinajstić information content (AvgIpc) is 2.48. The number of benzene rings is 1. The van der Waals surface area contributed by atoms with Gasteiger partial charge in [-0.25, -0.2) is 0 Å². The van der Waals surface area contributed by atoms with Gasteiger partial charge >= 0.3 is 0 Å². The molecule has 0 aliphatic heterocycles. The van der Waals surface area contributed by atoms with Gasteiger partial charge in [0.1, 0.15) is 5.75 Å². The van der Waals surface area contributed by atoms with Gasteiger partial charge in [-0.05, 0) is 31.7 Å². The molecule has 0 atom stereocenters. The van der Waals surface area contributed by atoms with E-state index in [0.717, 1.165) is 36.2 Å². The van der Waals surface area contributed by atoms with Crippen molar-refractivity contribution in [3.05, 3.63) is 29.8 Å². The summed E-state index contributed by atoms with van der Waals surface area (Å²) < 4.78 is 5.63. The van der Waals surface area contributed by atoms with Crippen molar-refractivity contribution in [3.8, 4) is 5.75 Å². The number of halogens is 1. The van der Waals surface area contributed by atoms with E-state index in [9.17, 15) is 0 Å². The van der Waals surface area contributed by atoms with Crippen LogP contribution in [0.5, 0.6) is 5.75 Å². The lowest BCUT2D eigenvalue weighted by Gasteiger charge is -2.14. The third kappa shape index (κ3) is 8.46. The molecule has 0 spiro atoms. The Labute approximate surface area is 152 Å². The number of aliphatic imine (C=N–C) groups is 1. The van der Waals surface area contributed by atoms with Crippen molar-refractivity contribution < 1.29 is 4.74 Å². The fourth-order valence-corrected chi connectivity index (χ4v) is 2.06. The molecule has 126 valence electrons. The lowest BCUT2D eigenvalue weighted by atomic mass is 10.1. The number of ether oxygens (including phenoxy) is 1. The van der Waals surface area contributed by atoms with E-state index in [0.29, 0.717) is 13.2 Å². The predicted molar refractivity (Wildman–Crippen MR) is 105 cm³/mol. The van der Waals surface area contributed by atoms with E-state index in [1.807, 2.05) is 25.1 Å². The minimum Gasteiger partial charge on any atom is -0.494 e. The third-order valence-electron chi connectivity index (χ3n) is 3.19. The Bertz CT molecular complexity index is 436. The second-order valence-electron chi connectivity index (χ2n) is 5.43. The van der Waals surface area contributed by atoms with Crippen LogP contribution in [0.4, 0.5) is 0 Å². The fourth-order valence-electron chi connectivity index (χ4n) is 2.06. The van der Waals surface area contributed by atoms with Gasteiger partial charge < -0.3 is 15.4 Å². The van der Waals surface area contributed by atoms with Gasteiger partial charge in [-0.15, -0.1) is 24.0 Å². The molecular weight excluding hydrogens is 389 g/mol. The molecule has 0 heterocycles. The lowest BCUT2D eigenvalue weighted by molar-refractivity contribution is 0.336. The summed E-state index contributed by atoms with van der Waals surface area (Å²) in [6.07, 6.45) is 2.39. The fraction of sp³-hybridized carbons (Fsp3) is 0.588. The Morgan fingerprint density at radius 1 is 1.23 bits per heavy atom.